The third kappa shape index (κ3) is 1.21. The normalized spacial score (nSPS) is 30.0. The van der Waals surface area contributed by atoms with Gasteiger partial charge in [-0.25, -0.2) is 0 Å². The smallest absolute Gasteiger partial charge is 0.125 e. The minimum atomic E-state index is 0.175. The van der Waals surface area contributed by atoms with Crippen LogP contribution in [0.4, 0.5) is 0 Å². The van der Waals surface area contributed by atoms with Crippen LogP contribution in [0.15, 0.2) is 24.3 Å². The molecular weight excluding hydrogens is 178 g/mol. The first-order valence-electron chi connectivity index (χ1n) is 5.02. The van der Waals surface area contributed by atoms with Gasteiger partial charge in [-0.05, 0) is 6.07 Å². The van der Waals surface area contributed by atoms with Crippen LogP contribution in [0.3, 0.4) is 0 Å². The number of hydrogen-bond acceptors (Lipinski definition) is 3. The van der Waals surface area contributed by atoms with E-state index in [0.29, 0.717) is 12.6 Å². The lowest BCUT2D eigenvalue weighted by Gasteiger charge is -2.37. The molecule has 0 saturated carbocycles. The Morgan fingerprint density at radius 1 is 1.29 bits per heavy atom. The molecule has 0 radical (unpaired) electrons. The van der Waals surface area contributed by atoms with E-state index in [9.17, 15) is 0 Å². The number of nitrogens with one attached hydrogen (secondary N) is 1. The molecule has 74 valence electrons. The summed E-state index contributed by atoms with van der Waals surface area (Å²) in [6.07, 6.45) is 0.175. The predicted molar refractivity (Wildman–Crippen MR) is 52.4 cm³/mol. The molecule has 0 unspecified atom stereocenters. The summed E-state index contributed by atoms with van der Waals surface area (Å²) in [6, 6.07) is 8.43. The molecule has 3 nitrogen and oxygen atoms in total. The second kappa shape index (κ2) is 3.26. The van der Waals surface area contributed by atoms with Crippen LogP contribution in [0.2, 0.25) is 0 Å². The zero-order valence-electron chi connectivity index (χ0n) is 7.90. The van der Waals surface area contributed by atoms with Crippen LogP contribution in [0.5, 0.6) is 5.75 Å². The molecule has 1 aromatic rings. The minimum absolute atomic E-state index is 0.175. The van der Waals surface area contributed by atoms with E-state index in [4.69, 9.17) is 9.47 Å². The fourth-order valence-corrected chi connectivity index (χ4v) is 2.13. The van der Waals surface area contributed by atoms with Crippen LogP contribution in [-0.4, -0.2) is 25.8 Å². The zero-order chi connectivity index (χ0) is 9.38. The summed E-state index contributed by atoms with van der Waals surface area (Å²) in [5.41, 5.74) is 1.18. The summed E-state index contributed by atoms with van der Waals surface area (Å²) in [6.45, 7) is 2.42. The molecule has 2 atom stereocenters. The Hall–Kier alpha value is -1.06. The lowest BCUT2D eigenvalue weighted by Crippen LogP contribution is -2.48. The average molecular weight is 191 g/mol. The van der Waals surface area contributed by atoms with Gasteiger partial charge in [0.1, 0.15) is 18.5 Å². The molecule has 3 rings (SSSR count). The number of rotatable bonds is 0. The van der Waals surface area contributed by atoms with E-state index in [1.807, 2.05) is 18.2 Å². The molecule has 14 heavy (non-hydrogen) atoms. The second-order valence-electron chi connectivity index (χ2n) is 3.70. The summed E-state index contributed by atoms with van der Waals surface area (Å²) in [7, 11) is 0. The lowest BCUT2D eigenvalue weighted by atomic mass is 9.98. The molecule has 3 heteroatoms. The van der Waals surface area contributed by atoms with Gasteiger partial charge in [0.2, 0.25) is 0 Å². The molecule has 2 aliphatic rings. The number of ether oxygens (including phenoxy) is 2. The predicted octanol–water partition coefficient (Wildman–Crippen LogP) is 1.11. The molecule has 1 fully saturated rings. The van der Waals surface area contributed by atoms with Gasteiger partial charge in [-0.1, -0.05) is 18.2 Å². The van der Waals surface area contributed by atoms with Gasteiger partial charge in [0.05, 0.1) is 12.6 Å². The topological polar surface area (TPSA) is 30.5 Å². The summed E-state index contributed by atoms with van der Waals surface area (Å²) in [5.74, 6) is 0.970. The number of morpholine rings is 1. The first-order chi connectivity index (χ1) is 6.95. The maximum absolute atomic E-state index is 5.77. The molecule has 1 N–H and O–H groups in total. The highest BCUT2D eigenvalue weighted by atomic mass is 16.5. The third-order valence-corrected chi connectivity index (χ3v) is 2.82. The van der Waals surface area contributed by atoms with Gasteiger partial charge in [0.15, 0.2) is 0 Å². The van der Waals surface area contributed by atoms with E-state index in [-0.39, 0.29) is 6.10 Å². The Morgan fingerprint density at radius 3 is 3.21 bits per heavy atom. The second-order valence-corrected chi connectivity index (χ2v) is 3.70. The molecule has 1 aromatic carbocycles. The van der Waals surface area contributed by atoms with Gasteiger partial charge in [0.25, 0.3) is 0 Å². The van der Waals surface area contributed by atoms with Crippen molar-refractivity contribution in [2.75, 3.05) is 19.8 Å². The largest absolute Gasteiger partial charge is 0.491 e. The Labute approximate surface area is 83.0 Å². The maximum atomic E-state index is 5.77. The van der Waals surface area contributed by atoms with E-state index in [2.05, 4.69) is 11.4 Å². The van der Waals surface area contributed by atoms with Crippen LogP contribution in [0.25, 0.3) is 0 Å². The number of para-hydroxylation sites is 1. The first kappa shape index (κ1) is 8.26. The molecule has 0 aliphatic carbocycles. The summed E-state index contributed by atoms with van der Waals surface area (Å²) in [5, 5.41) is 3.41. The molecule has 0 spiro atoms. The molecule has 2 heterocycles. The fourth-order valence-electron chi connectivity index (χ4n) is 2.13. The third-order valence-electron chi connectivity index (χ3n) is 2.82. The highest BCUT2D eigenvalue weighted by Crippen LogP contribution is 2.35. The van der Waals surface area contributed by atoms with Crippen LogP contribution < -0.4 is 10.1 Å². The number of benzene rings is 1. The van der Waals surface area contributed by atoms with Crippen LogP contribution in [0.1, 0.15) is 11.7 Å². The minimum Gasteiger partial charge on any atom is -0.491 e. The lowest BCUT2D eigenvalue weighted by molar-refractivity contribution is -0.0307. The van der Waals surface area contributed by atoms with Crippen molar-refractivity contribution in [2.45, 2.75) is 12.1 Å². The Bertz CT molecular complexity index is 340. The monoisotopic (exact) mass is 191 g/mol. The summed E-state index contributed by atoms with van der Waals surface area (Å²) in [4.78, 5) is 0. The van der Waals surface area contributed by atoms with Crippen LogP contribution >= 0.6 is 0 Å². The zero-order valence-corrected chi connectivity index (χ0v) is 7.90. The van der Waals surface area contributed by atoms with E-state index >= 15 is 0 Å². The number of hydrogen-bond donors (Lipinski definition) is 1. The summed E-state index contributed by atoms with van der Waals surface area (Å²) < 4.78 is 11.4. The van der Waals surface area contributed by atoms with Crippen molar-refractivity contribution < 1.29 is 9.47 Å². The maximum Gasteiger partial charge on any atom is 0.125 e. The molecule has 0 amide bonds. The van der Waals surface area contributed by atoms with Crippen molar-refractivity contribution in [3.8, 4) is 5.75 Å². The van der Waals surface area contributed by atoms with Crippen LogP contribution in [-0.2, 0) is 4.74 Å². The van der Waals surface area contributed by atoms with Gasteiger partial charge in [-0.2, -0.15) is 0 Å². The van der Waals surface area contributed by atoms with E-state index < -0.39 is 0 Å². The quantitative estimate of drug-likeness (QED) is 0.666. The standard InChI is InChI=1S/C11H13NO2/c1-2-4-10-8(3-1)11-9(7-14-10)12-5-6-13-11/h1-4,9,11-12H,5-7H2/t9-,11+/m0/s1. The highest BCUT2D eigenvalue weighted by Gasteiger charge is 2.33. The van der Waals surface area contributed by atoms with Gasteiger partial charge in [-0.15, -0.1) is 0 Å². The molecular formula is C11H13NO2. The van der Waals surface area contributed by atoms with Gasteiger partial charge >= 0.3 is 0 Å². The average Bonchev–Trinajstić information content (AvgIpc) is 2.29. The van der Waals surface area contributed by atoms with Crippen molar-refractivity contribution in [1.29, 1.82) is 0 Å². The first-order valence-corrected chi connectivity index (χ1v) is 5.02. The molecule has 0 bridgehead atoms. The van der Waals surface area contributed by atoms with E-state index in [1.54, 1.807) is 0 Å². The van der Waals surface area contributed by atoms with E-state index in [1.165, 1.54) is 5.56 Å². The molecule has 2 aliphatic heterocycles. The fraction of sp³-hybridized carbons (Fsp3) is 0.455. The van der Waals surface area contributed by atoms with Crippen molar-refractivity contribution in [1.82, 2.24) is 5.32 Å². The van der Waals surface area contributed by atoms with Crippen LogP contribution in [0, 0.1) is 0 Å². The Morgan fingerprint density at radius 2 is 2.21 bits per heavy atom. The van der Waals surface area contributed by atoms with Gasteiger partial charge < -0.3 is 14.8 Å². The molecule has 1 saturated heterocycles. The van der Waals surface area contributed by atoms with Crippen molar-refractivity contribution in [3.63, 3.8) is 0 Å². The van der Waals surface area contributed by atoms with Gasteiger partial charge in [0, 0.05) is 12.1 Å². The van der Waals surface area contributed by atoms with E-state index in [0.717, 1.165) is 18.9 Å². The Balaban J connectivity index is 1.99. The Kier molecular flexibility index (Phi) is 1.92. The SMILES string of the molecule is c1ccc2c(c1)OC[C@@H]1NCCO[C@H]21. The molecule has 0 aromatic heterocycles. The number of fused-ring (bicyclic) bond motifs is 3. The van der Waals surface area contributed by atoms with Crippen molar-refractivity contribution in [2.24, 2.45) is 0 Å². The van der Waals surface area contributed by atoms with Gasteiger partial charge in [-0.3, -0.25) is 0 Å². The van der Waals surface area contributed by atoms with Crippen molar-refractivity contribution >= 4 is 0 Å². The van der Waals surface area contributed by atoms with Crippen molar-refractivity contribution in [3.05, 3.63) is 29.8 Å². The summed E-state index contributed by atoms with van der Waals surface area (Å²) >= 11 is 0. The highest BCUT2D eigenvalue weighted by molar-refractivity contribution is 5.38.